The van der Waals surface area contributed by atoms with Crippen LogP contribution in [0.2, 0.25) is 0 Å². The Morgan fingerprint density at radius 1 is 0.737 bits per heavy atom. The van der Waals surface area contributed by atoms with E-state index in [1.165, 1.54) is 26.9 Å². The van der Waals surface area contributed by atoms with E-state index in [-0.39, 0.29) is 0 Å². The van der Waals surface area contributed by atoms with Crippen molar-refractivity contribution in [3.63, 3.8) is 0 Å². The van der Waals surface area contributed by atoms with Crippen LogP contribution in [-0.2, 0) is 6.42 Å². The van der Waals surface area contributed by atoms with E-state index < -0.39 is 0 Å². The lowest BCUT2D eigenvalue weighted by atomic mass is 10.1. The van der Waals surface area contributed by atoms with Gasteiger partial charge < -0.3 is 0 Å². The highest BCUT2D eigenvalue weighted by atomic mass is 31.1. The summed E-state index contributed by atoms with van der Waals surface area (Å²) >= 11 is 0. The van der Waals surface area contributed by atoms with Crippen LogP contribution in [0.15, 0.2) is 66.7 Å². The number of benzene rings is 3. The van der Waals surface area contributed by atoms with Gasteiger partial charge in [0.1, 0.15) is 0 Å². The van der Waals surface area contributed by atoms with Crippen LogP contribution < -0.4 is 10.6 Å². The minimum Gasteiger partial charge on any atom is -0.0619 e. The first-order chi connectivity index (χ1) is 9.38. The molecule has 3 aromatic rings. The highest BCUT2D eigenvalue weighted by Crippen LogP contribution is 2.20. The zero-order valence-corrected chi connectivity index (χ0v) is 12.1. The van der Waals surface area contributed by atoms with Crippen molar-refractivity contribution in [3.05, 3.63) is 72.3 Å². The number of hydrogen-bond donors (Lipinski definition) is 0. The Morgan fingerprint density at radius 3 is 2.32 bits per heavy atom. The number of aryl methyl sites for hydroxylation is 1. The molecule has 0 aliphatic carbocycles. The Hall–Kier alpha value is -1.65. The van der Waals surface area contributed by atoms with Crippen molar-refractivity contribution >= 4 is 30.0 Å². The Morgan fingerprint density at radius 2 is 1.42 bits per heavy atom. The summed E-state index contributed by atoms with van der Waals surface area (Å²) in [6, 6.07) is 24.1. The van der Waals surface area contributed by atoms with Gasteiger partial charge in [-0.05, 0) is 33.4 Å². The number of rotatable bonds is 3. The molecule has 0 aliphatic rings. The van der Waals surface area contributed by atoms with Gasteiger partial charge in [0.25, 0.3) is 0 Å². The van der Waals surface area contributed by atoms with Gasteiger partial charge in [0.05, 0.1) is 0 Å². The van der Waals surface area contributed by atoms with Crippen LogP contribution in [0.1, 0.15) is 12.5 Å². The van der Waals surface area contributed by atoms with Gasteiger partial charge >= 0.3 is 0 Å². The average Bonchev–Trinajstić information content (AvgIpc) is 2.48. The highest BCUT2D eigenvalue weighted by Gasteiger charge is 2.04. The molecule has 0 saturated heterocycles. The summed E-state index contributed by atoms with van der Waals surface area (Å²) in [7, 11) is 0.736. The molecule has 19 heavy (non-hydrogen) atoms. The van der Waals surface area contributed by atoms with E-state index >= 15 is 0 Å². The van der Waals surface area contributed by atoms with E-state index in [0.29, 0.717) is 0 Å². The predicted octanol–water partition coefficient (Wildman–Crippen LogP) is 4.03. The van der Waals surface area contributed by atoms with Gasteiger partial charge in [0, 0.05) is 0 Å². The maximum absolute atomic E-state index is 2.26. The molecule has 0 spiro atoms. The molecule has 3 aromatic carbocycles. The first-order valence-corrected chi connectivity index (χ1v) is 7.71. The molecule has 0 amide bonds. The van der Waals surface area contributed by atoms with E-state index in [1.807, 2.05) is 0 Å². The summed E-state index contributed by atoms with van der Waals surface area (Å²) in [6.45, 7) is 2.23. The Balaban J connectivity index is 2.06. The lowest BCUT2D eigenvalue weighted by Gasteiger charge is -2.10. The largest absolute Gasteiger partial charge is 0.0619 e. The van der Waals surface area contributed by atoms with Gasteiger partial charge in [-0.25, -0.2) is 0 Å². The SMILES string of the molecule is CCc1ccccc1Pc1cccc2ccccc12. The summed E-state index contributed by atoms with van der Waals surface area (Å²) in [5.41, 5.74) is 1.47. The summed E-state index contributed by atoms with van der Waals surface area (Å²) in [4.78, 5) is 0. The van der Waals surface area contributed by atoms with Gasteiger partial charge in [-0.3, -0.25) is 0 Å². The molecule has 0 heterocycles. The molecule has 0 fully saturated rings. The van der Waals surface area contributed by atoms with Crippen molar-refractivity contribution in [2.45, 2.75) is 13.3 Å². The van der Waals surface area contributed by atoms with Crippen LogP contribution >= 0.6 is 8.58 Å². The third-order valence-corrected chi connectivity index (χ3v) is 4.92. The number of fused-ring (bicyclic) bond motifs is 1. The van der Waals surface area contributed by atoms with Gasteiger partial charge in [-0.15, -0.1) is 0 Å². The Labute approximate surface area is 116 Å². The molecule has 1 unspecified atom stereocenters. The third-order valence-electron chi connectivity index (χ3n) is 3.46. The van der Waals surface area contributed by atoms with Gasteiger partial charge in [0.15, 0.2) is 0 Å². The second-order valence-corrected chi connectivity index (χ2v) is 5.99. The zero-order valence-electron chi connectivity index (χ0n) is 11.1. The lowest BCUT2D eigenvalue weighted by Crippen LogP contribution is -2.08. The van der Waals surface area contributed by atoms with Crippen LogP contribution in [0, 0.1) is 0 Å². The van der Waals surface area contributed by atoms with Gasteiger partial charge in [-0.1, -0.05) is 82.2 Å². The molecule has 0 bridgehead atoms. The predicted molar refractivity (Wildman–Crippen MR) is 87.4 cm³/mol. The summed E-state index contributed by atoms with van der Waals surface area (Å²) < 4.78 is 0. The maximum Gasteiger partial charge on any atom is -0.0106 e. The fourth-order valence-electron chi connectivity index (χ4n) is 2.43. The molecule has 1 heteroatoms. The maximum atomic E-state index is 2.26. The van der Waals surface area contributed by atoms with E-state index in [1.54, 1.807) is 0 Å². The van der Waals surface area contributed by atoms with Crippen LogP contribution in [0.4, 0.5) is 0 Å². The minimum atomic E-state index is 0.736. The molecule has 0 nitrogen and oxygen atoms in total. The topological polar surface area (TPSA) is 0 Å². The zero-order chi connectivity index (χ0) is 13.1. The average molecular weight is 264 g/mol. The first kappa shape index (κ1) is 12.4. The normalized spacial score (nSPS) is 11.4. The van der Waals surface area contributed by atoms with Crippen LogP contribution in [0.3, 0.4) is 0 Å². The van der Waals surface area contributed by atoms with Crippen molar-refractivity contribution in [2.24, 2.45) is 0 Å². The summed E-state index contributed by atoms with van der Waals surface area (Å²) in [5, 5.41) is 5.64. The van der Waals surface area contributed by atoms with Crippen molar-refractivity contribution in [2.75, 3.05) is 0 Å². The second-order valence-electron chi connectivity index (χ2n) is 4.66. The van der Waals surface area contributed by atoms with Crippen molar-refractivity contribution in [3.8, 4) is 0 Å². The molecule has 94 valence electrons. The van der Waals surface area contributed by atoms with Crippen molar-refractivity contribution in [1.29, 1.82) is 0 Å². The van der Waals surface area contributed by atoms with Crippen molar-refractivity contribution in [1.82, 2.24) is 0 Å². The Bertz CT molecular complexity index is 695. The van der Waals surface area contributed by atoms with Crippen molar-refractivity contribution < 1.29 is 0 Å². The lowest BCUT2D eigenvalue weighted by molar-refractivity contribution is 1.15. The fraction of sp³-hybridized carbons (Fsp3) is 0.111. The smallest absolute Gasteiger partial charge is 0.0106 e. The molecular weight excluding hydrogens is 247 g/mol. The molecule has 3 rings (SSSR count). The molecule has 1 atom stereocenters. The molecule has 0 aromatic heterocycles. The first-order valence-electron chi connectivity index (χ1n) is 6.71. The van der Waals surface area contributed by atoms with Gasteiger partial charge in [-0.2, -0.15) is 0 Å². The standard InChI is InChI=1S/C18H17P/c1-2-14-8-4-6-12-17(14)19-18-13-7-10-15-9-3-5-11-16(15)18/h3-13,19H,2H2,1H3. The van der Waals surface area contributed by atoms with E-state index in [2.05, 4.69) is 73.7 Å². The highest BCUT2D eigenvalue weighted by molar-refractivity contribution is 7.56. The van der Waals surface area contributed by atoms with E-state index in [4.69, 9.17) is 0 Å². The minimum absolute atomic E-state index is 0.736. The molecule has 0 aliphatic heterocycles. The quantitative estimate of drug-likeness (QED) is 0.626. The monoisotopic (exact) mass is 264 g/mol. The molecule has 0 saturated carbocycles. The van der Waals surface area contributed by atoms with E-state index in [9.17, 15) is 0 Å². The van der Waals surface area contributed by atoms with Gasteiger partial charge in [0.2, 0.25) is 0 Å². The molecular formula is C18H17P. The summed E-state index contributed by atoms with van der Waals surface area (Å²) in [6.07, 6.45) is 1.11. The van der Waals surface area contributed by atoms with Crippen LogP contribution in [0.25, 0.3) is 10.8 Å². The molecule has 0 N–H and O–H groups in total. The van der Waals surface area contributed by atoms with Crippen LogP contribution in [0.5, 0.6) is 0 Å². The summed E-state index contributed by atoms with van der Waals surface area (Å²) in [5.74, 6) is 0. The number of hydrogen-bond acceptors (Lipinski definition) is 0. The van der Waals surface area contributed by atoms with Crippen LogP contribution in [-0.4, -0.2) is 0 Å². The molecule has 0 radical (unpaired) electrons. The third kappa shape index (κ3) is 2.55. The fourth-order valence-corrected chi connectivity index (χ4v) is 3.86. The van der Waals surface area contributed by atoms with E-state index in [0.717, 1.165) is 15.0 Å². The second kappa shape index (κ2) is 5.55. The Kier molecular flexibility index (Phi) is 3.62.